The van der Waals surface area contributed by atoms with Gasteiger partial charge in [0.15, 0.2) is 0 Å². The first kappa shape index (κ1) is 19.4. The van der Waals surface area contributed by atoms with Gasteiger partial charge in [0.25, 0.3) is 0 Å². The highest BCUT2D eigenvalue weighted by molar-refractivity contribution is 7.13. The molecule has 0 bridgehead atoms. The van der Waals surface area contributed by atoms with Crippen molar-refractivity contribution in [2.75, 3.05) is 31.1 Å². The number of fused-ring (bicyclic) bond motifs is 2. The largest absolute Gasteiger partial charge is 0.340 e. The average molecular weight is 445 g/mol. The van der Waals surface area contributed by atoms with Crippen molar-refractivity contribution in [3.63, 3.8) is 0 Å². The van der Waals surface area contributed by atoms with E-state index >= 15 is 0 Å². The first-order valence-corrected chi connectivity index (χ1v) is 11.8. The molecule has 0 N–H and O–H groups in total. The molecular formula is C24H24N6OS. The number of hydrogen-bond acceptors (Lipinski definition) is 6. The third-order valence-electron chi connectivity index (χ3n) is 6.56. The van der Waals surface area contributed by atoms with E-state index in [1.807, 2.05) is 53.0 Å². The van der Waals surface area contributed by atoms with Crippen LogP contribution in [0.25, 0.3) is 21.6 Å². The van der Waals surface area contributed by atoms with Crippen LogP contribution < -0.4 is 4.90 Å². The van der Waals surface area contributed by atoms with Crippen LogP contribution in [0.1, 0.15) is 11.4 Å². The van der Waals surface area contributed by atoms with Crippen molar-refractivity contribution in [2.45, 2.75) is 13.8 Å². The van der Waals surface area contributed by atoms with E-state index in [0.29, 0.717) is 11.8 Å². The number of benzene rings is 1. The molecule has 6 rings (SSSR count). The molecular weight excluding hydrogens is 420 g/mol. The monoisotopic (exact) mass is 444 g/mol. The first-order valence-electron chi connectivity index (χ1n) is 10.9. The quantitative estimate of drug-likeness (QED) is 0.463. The third kappa shape index (κ3) is 3.17. The van der Waals surface area contributed by atoms with Crippen molar-refractivity contribution in [1.82, 2.24) is 24.4 Å². The number of thiazole rings is 1. The van der Waals surface area contributed by atoms with Crippen LogP contribution in [-0.4, -0.2) is 56.6 Å². The molecule has 162 valence electrons. The molecule has 2 aliphatic rings. The topological polar surface area (TPSA) is 67.2 Å². The zero-order valence-electron chi connectivity index (χ0n) is 18.1. The fourth-order valence-corrected chi connectivity index (χ4v) is 5.81. The lowest BCUT2D eigenvalue weighted by Crippen LogP contribution is -2.36. The van der Waals surface area contributed by atoms with Crippen LogP contribution in [0.5, 0.6) is 0 Å². The summed E-state index contributed by atoms with van der Waals surface area (Å²) in [6, 6.07) is 12.2. The molecule has 1 aromatic carbocycles. The molecule has 7 nitrogen and oxygen atoms in total. The standard InChI is InChI=1S/C24H24N6OS/c1-15-9-16(2)27-23(26-15)28-11-18-13-29(14-19(18)12-28)24(31)30-20-6-4-3-5-17(20)10-21(30)22-25-7-8-32-22/h3-10,18-19H,11-14H2,1-2H3/t18-,19+. The fraction of sp³-hybridized carbons (Fsp3) is 0.333. The molecule has 4 aromatic rings. The number of nitrogens with zero attached hydrogens (tertiary/aromatic N) is 6. The van der Waals surface area contributed by atoms with E-state index in [1.165, 1.54) is 0 Å². The summed E-state index contributed by atoms with van der Waals surface area (Å²) < 4.78 is 1.85. The zero-order chi connectivity index (χ0) is 21.8. The maximum atomic E-state index is 13.7. The van der Waals surface area contributed by atoms with E-state index in [0.717, 1.165) is 65.1 Å². The number of rotatable bonds is 2. The van der Waals surface area contributed by atoms with Gasteiger partial charge in [-0.1, -0.05) is 18.2 Å². The van der Waals surface area contributed by atoms with E-state index in [4.69, 9.17) is 0 Å². The van der Waals surface area contributed by atoms with Gasteiger partial charge in [0.05, 0.1) is 11.2 Å². The Kier molecular flexibility index (Phi) is 4.50. The second-order valence-electron chi connectivity index (χ2n) is 8.82. The van der Waals surface area contributed by atoms with Gasteiger partial charge in [-0.25, -0.2) is 19.7 Å². The number of para-hydroxylation sites is 1. The van der Waals surface area contributed by atoms with Crippen molar-refractivity contribution in [2.24, 2.45) is 11.8 Å². The van der Waals surface area contributed by atoms with Crippen molar-refractivity contribution in [3.8, 4) is 10.7 Å². The number of aromatic nitrogens is 4. The van der Waals surface area contributed by atoms with E-state index in [2.05, 4.69) is 32.0 Å². The molecule has 5 heterocycles. The Balaban J connectivity index is 1.26. The van der Waals surface area contributed by atoms with E-state index in [9.17, 15) is 4.79 Å². The molecule has 0 saturated carbocycles. The zero-order valence-corrected chi connectivity index (χ0v) is 18.9. The van der Waals surface area contributed by atoms with Crippen LogP contribution in [0.4, 0.5) is 10.7 Å². The molecule has 0 aliphatic carbocycles. The van der Waals surface area contributed by atoms with Crippen LogP contribution in [0.2, 0.25) is 0 Å². The number of hydrogen-bond donors (Lipinski definition) is 0. The molecule has 2 aliphatic heterocycles. The van der Waals surface area contributed by atoms with Crippen molar-refractivity contribution < 1.29 is 4.79 Å². The lowest BCUT2D eigenvalue weighted by atomic mass is 10.0. The molecule has 0 spiro atoms. The lowest BCUT2D eigenvalue weighted by Gasteiger charge is -2.23. The predicted octanol–water partition coefficient (Wildman–Crippen LogP) is 4.21. The summed E-state index contributed by atoms with van der Waals surface area (Å²) in [6.07, 6.45) is 1.79. The smallest absolute Gasteiger partial charge is 0.329 e. The minimum absolute atomic E-state index is 0.0417. The van der Waals surface area contributed by atoms with Gasteiger partial charge in [0.1, 0.15) is 5.01 Å². The van der Waals surface area contributed by atoms with Gasteiger partial charge in [-0.3, -0.25) is 4.57 Å². The Morgan fingerprint density at radius 2 is 1.72 bits per heavy atom. The first-order chi connectivity index (χ1) is 15.6. The van der Waals surface area contributed by atoms with Gasteiger partial charge in [0.2, 0.25) is 5.95 Å². The predicted molar refractivity (Wildman–Crippen MR) is 126 cm³/mol. The Hall–Kier alpha value is -3.26. The lowest BCUT2D eigenvalue weighted by molar-refractivity contribution is 0.209. The molecule has 0 radical (unpaired) electrons. The Bertz CT molecular complexity index is 1280. The molecule has 2 fully saturated rings. The highest BCUT2D eigenvalue weighted by Crippen LogP contribution is 2.35. The average Bonchev–Trinajstić information content (AvgIpc) is 3.54. The van der Waals surface area contributed by atoms with Crippen molar-refractivity contribution in [3.05, 3.63) is 59.4 Å². The van der Waals surface area contributed by atoms with E-state index in [1.54, 1.807) is 17.5 Å². The summed E-state index contributed by atoms with van der Waals surface area (Å²) in [7, 11) is 0. The highest BCUT2D eigenvalue weighted by atomic mass is 32.1. The fourth-order valence-electron chi connectivity index (χ4n) is 5.17. The van der Waals surface area contributed by atoms with Gasteiger partial charge in [-0.15, -0.1) is 11.3 Å². The van der Waals surface area contributed by atoms with Crippen LogP contribution in [0.3, 0.4) is 0 Å². The van der Waals surface area contributed by atoms with E-state index in [-0.39, 0.29) is 6.03 Å². The molecule has 32 heavy (non-hydrogen) atoms. The molecule has 0 unspecified atom stereocenters. The van der Waals surface area contributed by atoms with Crippen molar-refractivity contribution in [1.29, 1.82) is 0 Å². The summed E-state index contributed by atoms with van der Waals surface area (Å²) in [5.74, 6) is 1.69. The van der Waals surface area contributed by atoms with Crippen LogP contribution in [-0.2, 0) is 0 Å². The number of anilines is 1. The Morgan fingerprint density at radius 1 is 1.00 bits per heavy atom. The number of carbonyl (C=O) groups excluding carboxylic acids is 1. The van der Waals surface area contributed by atoms with Crippen LogP contribution >= 0.6 is 11.3 Å². The van der Waals surface area contributed by atoms with Gasteiger partial charge >= 0.3 is 6.03 Å². The van der Waals surface area contributed by atoms with Gasteiger partial charge in [-0.2, -0.15) is 0 Å². The number of aryl methyl sites for hydroxylation is 2. The second kappa shape index (κ2) is 7.41. The summed E-state index contributed by atoms with van der Waals surface area (Å²) in [5.41, 5.74) is 3.80. The summed E-state index contributed by atoms with van der Waals surface area (Å²) in [5, 5.41) is 3.88. The number of amides is 1. The van der Waals surface area contributed by atoms with Gasteiger partial charge < -0.3 is 9.80 Å². The highest BCUT2D eigenvalue weighted by Gasteiger charge is 2.43. The summed E-state index contributed by atoms with van der Waals surface area (Å²) >= 11 is 1.56. The number of likely N-dealkylation sites (tertiary alicyclic amines) is 1. The molecule has 2 atom stereocenters. The Morgan fingerprint density at radius 3 is 2.41 bits per heavy atom. The third-order valence-corrected chi connectivity index (χ3v) is 7.36. The van der Waals surface area contributed by atoms with E-state index < -0.39 is 0 Å². The molecule has 2 saturated heterocycles. The molecule has 1 amide bonds. The van der Waals surface area contributed by atoms with Gasteiger partial charge in [-0.05, 0) is 32.0 Å². The number of carbonyl (C=O) groups is 1. The van der Waals surface area contributed by atoms with Crippen molar-refractivity contribution >= 4 is 34.2 Å². The normalized spacial score (nSPS) is 20.3. The SMILES string of the molecule is Cc1cc(C)nc(N2C[C@H]3CN(C(=O)n4c(-c5nccs5)cc5ccccc54)C[C@H]3C2)n1. The Labute approximate surface area is 190 Å². The molecule has 8 heteroatoms. The van der Waals surface area contributed by atoms with Crippen LogP contribution in [0, 0.1) is 25.7 Å². The molecule has 3 aromatic heterocycles. The van der Waals surface area contributed by atoms with Crippen LogP contribution in [0.15, 0.2) is 48.0 Å². The minimum atomic E-state index is 0.0417. The maximum absolute atomic E-state index is 13.7. The van der Waals surface area contributed by atoms with Gasteiger partial charge in [0, 0.05) is 66.4 Å². The second-order valence-corrected chi connectivity index (χ2v) is 9.72. The minimum Gasteiger partial charge on any atom is -0.340 e. The maximum Gasteiger partial charge on any atom is 0.329 e. The summed E-state index contributed by atoms with van der Waals surface area (Å²) in [6.45, 7) is 7.32. The summed E-state index contributed by atoms with van der Waals surface area (Å²) in [4.78, 5) is 31.8.